The highest BCUT2D eigenvalue weighted by atomic mass is 19.4. The Morgan fingerprint density at radius 2 is 1.92 bits per heavy atom. The number of rotatable bonds is 6. The summed E-state index contributed by atoms with van der Waals surface area (Å²) in [5.41, 5.74) is -0.439. The lowest BCUT2D eigenvalue weighted by atomic mass is 10.1. The average molecular weight is 351 g/mol. The van der Waals surface area contributed by atoms with E-state index in [4.69, 9.17) is 0 Å². The lowest BCUT2D eigenvalue weighted by Crippen LogP contribution is -2.18. The zero-order valence-electron chi connectivity index (χ0n) is 14.0. The fraction of sp³-hybridized carbons (Fsp3) is 0.333. The highest BCUT2D eigenvalue weighted by molar-refractivity contribution is 6.03. The van der Waals surface area contributed by atoms with E-state index in [1.165, 1.54) is 30.5 Å². The second-order valence-electron chi connectivity index (χ2n) is 6.04. The Kier molecular flexibility index (Phi) is 6.01. The van der Waals surface area contributed by atoms with Crippen LogP contribution in [0.4, 0.5) is 24.5 Å². The number of nitrogens with zero attached hydrogens (tertiary/aromatic N) is 1. The Morgan fingerprint density at radius 3 is 2.60 bits per heavy atom. The minimum atomic E-state index is -4.54. The second kappa shape index (κ2) is 8.00. The predicted molar refractivity (Wildman–Crippen MR) is 91.6 cm³/mol. The van der Waals surface area contributed by atoms with E-state index in [-0.39, 0.29) is 11.4 Å². The van der Waals surface area contributed by atoms with Crippen LogP contribution in [0.2, 0.25) is 0 Å². The number of halogens is 3. The number of hydrogen-bond acceptors (Lipinski definition) is 3. The van der Waals surface area contributed by atoms with Crippen molar-refractivity contribution < 1.29 is 18.0 Å². The van der Waals surface area contributed by atoms with Gasteiger partial charge >= 0.3 is 6.18 Å². The minimum absolute atomic E-state index is 0.0477. The Balaban J connectivity index is 2.12. The van der Waals surface area contributed by atoms with E-state index in [0.717, 1.165) is 19.0 Å². The number of anilines is 2. The van der Waals surface area contributed by atoms with Gasteiger partial charge in [0.1, 0.15) is 5.69 Å². The van der Waals surface area contributed by atoms with Crippen LogP contribution < -0.4 is 10.6 Å². The molecule has 7 heteroatoms. The van der Waals surface area contributed by atoms with E-state index in [1.807, 2.05) is 0 Å². The van der Waals surface area contributed by atoms with E-state index in [9.17, 15) is 18.0 Å². The van der Waals surface area contributed by atoms with Gasteiger partial charge in [-0.15, -0.1) is 0 Å². The van der Waals surface area contributed by atoms with Crippen molar-refractivity contribution in [3.8, 4) is 0 Å². The summed E-state index contributed by atoms with van der Waals surface area (Å²) in [6.07, 6.45) is -2.14. The highest BCUT2D eigenvalue weighted by Crippen LogP contribution is 2.34. The van der Waals surface area contributed by atoms with Gasteiger partial charge in [0.25, 0.3) is 5.91 Å². The first-order valence-corrected chi connectivity index (χ1v) is 7.95. The second-order valence-corrected chi connectivity index (χ2v) is 6.04. The maximum absolute atomic E-state index is 13.0. The number of alkyl halides is 3. The number of para-hydroxylation sites is 1. The van der Waals surface area contributed by atoms with Gasteiger partial charge in [-0.2, -0.15) is 13.2 Å². The fourth-order valence-electron chi connectivity index (χ4n) is 2.20. The molecule has 1 aromatic heterocycles. The van der Waals surface area contributed by atoms with Gasteiger partial charge in [0.05, 0.1) is 11.3 Å². The number of amides is 1. The molecule has 0 atom stereocenters. The van der Waals surface area contributed by atoms with Gasteiger partial charge in [-0.05, 0) is 36.6 Å². The quantitative estimate of drug-likeness (QED) is 0.785. The molecule has 0 unspecified atom stereocenters. The monoisotopic (exact) mass is 351 g/mol. The van der Waals surface area contributed by atoms with Crippen molar-refractivity contribution in [2.45, 2.75) is 26.4 Å². The Hall–Kier alpha value is -2.57. The van der Waals surface area contributed by atoms with Crippen LogP contribution in [0.15, 0.2) is 42.6 Å². The van der Waals surface area contributed by atoms with Crippen LogP contribution in [-0.4, -0.2) is 17.4 Å². The maximum atomic E-state index is 13.0. The summed E-state index contributed by atoms with van der Waals surface area (Å²) in [4.78, 5) is 16.2. The summed E-state index contributed by atoms with van der Waals surface area (Å²) >= 11 is 0. The SMILES string of the molecule is CC(C)CCNc1ccnc(C(=O)Nc2ccccc2C(F)(F)F)c1. The molecule has 1 heterocycles. The summed E-state index contributed by atoms with van der Waals surface area (Å²) in [7, 11) is 0. The number of aromatic nitrogens is 1. The summed E-state index contributed by atoms with van der Waals surface area (Å²) in [5.74, 6) is -0.153. The minimum Gasteiger partial charge on any atom is -0.385 e. The molecule has 0 saturated heterocycles. The molecule has 2 aromatic rings. The molecule has 0 aliphatic rings. The highest BCUT2D eigenvalue weighted by Gasteiger charge is 2.33. The summed E-state index contributed by atoms with van der Waals surface area (Å²) in [6, 6.07) is 8.07. The molecule has 0 spiro atoms. The van der Waals surface area contributed by atoms with Gasteiger partial charge in [-0.3, -0.25) is 9.78 Å². The van der Waals surface area contributed by atoms with Gasteiger partial charge in [0, 0.05) is 18.4 Å². The van der Waals surface area contributed by atoms with E-state index in [0.29, 0.717) is 11.6 Å². The number of pyridine rings is 1. The lowest BCUT2D eigenvalue weighted by molar-refractivity contribution is -0.136. The molecule has 0 saturated carbocycles. The van der Waals surface area contributed by atoms with Crippen molar-refractivity contribution in [2.24, 2.45) is 5.92 Å². The third-order valence-corrected chi connectivity index (χ3v) is 3.52. The first kappa shape index (κ1) is 18.8. The van der Waals surface area contributed by atoms with Crippen molar-refractivity contribution >= 4 is 17.3 Å². The van der Waals surface area contributed by atoms with E-state index >= 15 is 0 Å². The molecule has 2 rings (SSSR count). The number of carbonyl (C=O) groups is 1. The molecular weight excluding hydrogens is 331 g/mol. The zero-order chi connectivity index (χ0) is 18.4. The molecule has 4 nitrogen and oxygen atoms in total. The molecule has 0 bridgehead atoms. The van der Waals surface area contributed by atoms with Crippen LogP contribution in [0, 0.1) is 5.92 Å². The van der Waals surface area contributed by atoms with Crippen LogP contribution in [0.25, 0.3) is 0 Å². The van der Waals surface area contributed by atoms with Crippen molar-refractivity contribution in [1.29, 1.82) is 0 Å². The zero-order valence-corrected chi connectivity index (χ0v) is 14.0. The fourth-order valence-corrected chi connectivity index (χ4v) is 2.20. The first-order valence-electron chi connectivity index (χ1n) is 7.95. The van der Waals surface area contributed by atoms with Gasteiger partial charge in [0.15, 0.2) is 0 Å². The van der Waals surface area contributed by atoms with Crippen molar-refractivity contribution in [3.05, 3.63) is 53.9 Å². The normalized spacial score (nSPS) is 11.4. The van der Waals surface area contributed by atoms with E-state index in [1.54, 1.807) is 6.07 Å². The smallest absolute Gasteiger partial charge is 0.385 e. The van der Waals surface area contributed by atoms with Crippen molar-refractivity contribution in [2.75, 3.05) is 17.2 Å². The molecule has 0 radical (unpaired) electrons. The molecule has 134 valence electrons. The Labute approximate surface area is 144 Å². The molecule has 0 aliphatic carbocycles. The molecule has 0 fully saturated rings. The number of carbonyl (C=O) groups excluding carboxylic acids is 1. The van der Waals surface area contributed by atoms with Crippen LogP contribution in [0.1, 0.15) is 36.3 Å². The standard InChI is InChI=1S/C18H20F3N3O/c1-12(2)7-9-22-13-8-10-23-16(11-13)17(25)24-15-6-4-3-5-14(15)18(19,20)21/h3-6,8,10-12H,7,9H2,1-2H3,(H,22,23)(H,24,25). The van der Waals surface area contributed by atoms with Crippen molar-refractivity contribution in [3.63, 3.8) is 0 Å². The molecule has 1 amide bonds. The van der Waals surface area contributed by atoms with Gasteiger partial charge < -0.3 is 10.6 Å². The molecular formula is C18H20F3N3O. The third-order valence-electron chi connectivity index (χ3n) is 3.52. The predicted octanol–water partition coefficient (Wildman–Crippen LogP) is 4.81. The topological polar surface area (TPSA) is 54.0 Å². The van der Waals surface area contributed by atoms with Gasteiger partial charge in [0.2, 0.25) is 0 Å². The molecule has 2 N–H and O–H groups in total. The molecule has 25 heavy (non-hydrogen) atoms. The van der Waals surface area contributed by atoms with E-state index in [2.05, 4.69) is 29.5 Å². The number of hydrogen-bond donors (Lipinski definition) is 2. The Bertz CT molecular complexity index is 730. The third kappa shape index (κ3) is 5.48. The molecule has 0 aliphatic heterocycles. The van der Waals surface area contributed by atoms with Gasteiger partial charge in [-0.25, -0.2) is 0 Å². The summed E-state index contributed by atoms with van der Waals surface area (Å²) in [5, 5.41) is 5.46. The first-order chi connectivity index (χ1) is 11.8. The average Bonchev–Trinajstić information content (AvgIpc) is 2.54. The number of nitrogens with one attached hydrogen (secondary N) is 2. The van der Waals surface area contributed by atoms with Crippen LogP contribution in [0.5, 0.6) is 0 Å². The van der Waals surface area contributed by atoms with Gasteiger partial charge in [-0.1, -0.05) is 26.0 Å². The van der Waals surface area contributed by atoms with E-state index < -0.39 is 17.6 Å². The van der Waals surface area contributed by atoms with Crippen LogP contribution in [0.3, 0.4) is 0 Å². The number of benzene rings is 1. The maximum Gasteiger partial charge on any atom is 0.418 e. The lowest BCUT2D eigenvalue weighted by Gasteiger charge is -2.13. The largest absolute Gasteiger partial charge is 0.418 e. The Morgan fingerprint density at radius 1 is 1.20 bits per heavy atom. The van der Waals surface area contributed by atoms with Crippen molar-refractivity contribution in [1.82, 2.24) is 4.98 Å². The summed E-state index contributed by atoms with van der Waals surface area (Å²) < 4.78 is 39.0. The van der Waals surface area contributed by atoms with Crippen LogP contribution >= 0.6 is 0 Å². The molecule has 1 aromatic carbocycles. The van der Waals surface area contributed by atoms with Crippen LogP contribution in [-0.2, 0) is 6.18 Å². The summed E-state index contributed by atoms with van der Waals surface area (Å²) in [6.45, 7) is 4.94.